The minimum absolute atomic E-state index is 0.0812. The third-order valence-corrected chi connectivity index (χ3v) is 6.00. The number of sulfone groups is 1. The molecule has 1 N–H and O–H groups in total. The minimum Gasteiger partial charge on any atom is -0.453 e. The standard InChI is InChI=1S/C21H24FNO5S/c1-14(2)16-4-8-18(9-5-16)23-21(25)15(3)28-20(24)12-13-29(26,27)19-10-6-17(22)7-11-19/h4-11,14-15H,12-13H2,1-3H3,(H,23,25)/t15-/m0/s1. The normalized spacial score (nSPS) is 12.4. The molecule has 0 saturated heterocycles. The Morgan fingerprint density at radius 2 is 1.59 bits per heavy atom. The Hall–Kier alpha value is -2.74. The van der Waals surface area contributed by atoms with Gasteiger partial charge >= 0.3 is 5.97 Å². The van der Waals surface area contributed by atoms with Crippen LogP contribution in [0.3, 0.4) is 0 Å². The highest BCUT2D eigenvalue weighted by Crippen LogP contribution is 2.17. The lowest BCUT2D eigenvalue weighted by Crippen LogP contribution is -2.30. The Labute approximate surface area is 170 Å². The SMILES string of the molecule is CC(C)c1ccc(NC(=O)[C@H](C)OC(=O)CCS(=O)(=O)c2ccc(F)cc2)cc1. The number of amides is 1. The van der Waals surface area contributed by atoms with Crippen LogP contribution in [0.2, 0.25) is 0 Å². The molecule has 156 valence electrons. The summed E-state index contributed by atoms with van der Waals surface area (Å²) in [5.41, 5.74) is 1.70. The summed E-state index contributed by atoms with van der Waals surface area (Å²) in [5.74, 6) is -2.01. The molecule has 0 unspecified atom stereocenters. The van der Waals surface area contributed by atoms with E-state index in [1.807, 2.05) is 12.1 Å². The molecule has 2 aromatic carbocycles. The van der Waals surface area contributed by atoms with E-state index in [0.29, 0.717) is 11.6 Å². The Morgan fingerprint density at radius 3 is 2.14 bits per heavy atom. The van der Waals surface area contributed by atoms with E-state index < -0.39 is 45.8 Å². The number of hydrogen-bond donors (Lipinski definition) is 1. The zero-order valence-electron chi connectivity index (χ0n) is 16.5. The van der Waals surface area contributed by atoms with Crippen molar-refractivity contribution in [2.45, 2.75) is 44.1 Å². The van der Waals surface area contributed by atoms with Gasteiger partial charge < -0.3 is 10.1 Å². The summed E-state index contributed by atoms with van der Waals surface area (Å²) in [6.45, 7) is 5.53. The van der Waals surface area contributed by atoms with E-state index in [2.05, 4.69) is 19.2 Å². The predicted octanol–water partition coefficient (Wildman–Crippen LogP) is 3.68. The molecule has 0 radical (unpaired) electrons. The number of anilines is 1. The smallest absolute Gasteiger partial charge is 0.307 e. The topological polar surface area (TPSA) is 89.5 Å². The largest absolute Gasteiger partial charge is 0.453 e. The van der Waals surface area contributed by atoms with Gasteiger partial charge in [0, 0.05) is 5.69 Å². The lowest BCUT2D eigenvalue weighted by Gasteiger charge is -2.14. The average Bonchev–Trinajstić information content (AvgIpc) is 2.67. The van der Waals surface area contributed by atoms with Gasteiger partial charge in [0.2, 0.25) is 0 Å². The lowest BCUT2D eigenvalue weighted by atomic mass is 10.0. The Morgan fingerprint density at radius 1 is 1.00 bits per heavy atom. The zero-order valence-corrected chi connectivity index (χ0v) is 17.3. The second-order valence-electron chi connectivity index (χ2n) is 6.92. The summed E-state index contributed by atoms with van der Waals surface area (Å²) in [6.07, 6.45) is -1.50. The zero-order chi connectivity index (χ0) is 21.6. The Kier molecular flexibility index (Phi) is 7.50. The molecule has 6 nitrogen and oxygen atoms in total. The van der Waals surface area contributed by atoms with Crippen LogP contribution in [0.15, 0.2) is 53.4 Å². The van der Waals surface area contributed by atoms with Crippen molar-refractivity contribution in [1.29, 1.82) is 0 Å². The van der Waals surface area contributed by atoms with Crippen molar-refractivity contribution in [2.24, 2.45) is 0 Å². The number of benzene rings is 2. The van der Waals surface area contributed by atoms with Crippen LogP contribution in [0.1, 0.15) is 38.7 Å². The molecule has 0 aliphatic heterocycles. The first-order valence-electron chi connectivity index (χ1n) is 9.17. The predicted molar refractivity (Wildman–Crippen MR) is 108 cm³/mol. The molecule has 2 aromatic rings. The van der Waals surface area contributed by atoms with E-state index in [4.69, 9.17) is 4.74 Å². The quantitative estimate of drug-likeness (QED) is 0.519. The summed E-state index contributed by atoms with van der Waals surface area (Å²) in [5, 5.41) is 2.65. The van der Waals surface area contributed by atoms with Crippen LogP contribution in [-0.2, 0) is 24.2 Å². The first-order chi connectivity index (χ1) is 13.6. The first kappa shape index (κ1) is 22.5. The third kappa shape index (κ3) is 6.67. The van der Waals surface area contributed by atoms with E-state index >= 15 is 0 Å². The second kappa shape index (κ2) is 9.65. The fourth-order valence-electron chi connectivity index (χ4n) is 2.48. The number of carbonyl (C=O) groups is 2. The van der Waals surface area contributed by atoms with Crippen LogP contribution < -0.4 is 5.32 Å². The van der Waals surface area contributed by atoms with Crippen molar-refractivity contribution in [1.82, 2.24) is 0 Å². The van der Waals surface area contributed by atoms with E-state index in [0.717, 1.165) is 29.8 Å². The molecule has 0 fully saturated rings. The third-order valence-electron chi connectivity index (χ3n) is 4.27. The van der Waals surface area contributed by atoms with Gasteiger partial charge in [-0.2, -0.15) is 0 Å². The van der Waals surface area contributed by atoms with Gasteiger partial charge in [-0.25, -0.2) is 12.8 Å². The molecule has 0 saturated carbocycles. The lowest BCUT2D eigenvalue weighted by molar-refractivity contribution is -0.152. The number of esters is 1. The van der Waals surface area contributed by atoms with Crippen LogP contribution in [-0.4, -0.2) is 32.2 Å². The van der Waals surface area contributed by atoms with Crippen molar-refractivity contribution in [3.8, 4) is 0 Å². The van der Waals surface area contributed by atoms with Crippen molar-refractivity contribution >= 4 is 27.4 Å². The van der Waals surface area contributed by atoms with Crippen LogP contribution in [0.4, 0.5) is 10.1 Å². The number of nitrogens with one attached hydrogen (secondary N) is 1. The minimum atomic E-state index is -3.76. The fraction of sp³-hybridized carbons (Fsp3) is 0.333. The summed E-state index contributed by atoms with van der Waals surface area (Å²) in [6, 6.07) is 11.7. The molecule has 1 atom stereocenters. The van der Waals surface area contributed by atoms with Gasteiger partial charge in [-0.1, -0.05) is 26.0 Å². The number of carbonyl (C=O) groups excluding carboxylic acids is 2. The van der Waals surface area contributed by atoms with Crippen LogP contribution in [0, 0.1) is 5.82 Å². The maximum atomic E-state index is 12.9. The monoisotopic (exact) mass is 421 g/mol. The highest BCUT2D eigenvalue weighted by molar-refractivity contribution is 7.91. The first-order valence-corrected chi connectivity index (χ1v) is 10.8. The Bertz CT molecular complexity index is 954. The second-order valence-corrected chi connectivity index (χ2v) is 9.03. The number of halogens is 1. The van der Waals surface area contributed by atoms with Crippen molar-refractivity contribution in [3.63, 3.8) is 0 Å². The van der Waals surface area contributed by atoms with Gasteiger partial charge in [-0.3, -0.25) is 9.59 Å². The maximum Gasteiger partial charge on any atom is 0.307 e. The molecule has 8 heteroatoms. The van der Waals surface area contributed by atoms with Crippen LogP contribution >= 0.6 is 0 Å². The maximum absolute atomic E-state index is 12.9. The summed E-state index contributed by atoms with van der Waals surface area (Å²) >= 11 is 0. The molecule has 0 spiro atoms. The highest BCUT2D eigenvalue weighted by atomic mass is 32.2. The molecule has 1 amide bonds. The molecule has 2 rings (SSSR count). The molecule has 29 heavy (non-hydrogen) atoms. The fourth-order valence-corrected chi connectivity index (χ4v) is 3.70. The molecular formula is C21H24FNO5S. The number of hydrogen-bond acceptors (Lipinski definition) is 5. The van der Waals surface area contributed by atoms with Gasteiger partial charge in [0.25, 0.3) is 5.91 Å². The highest BCUT2D eigenvalue weighted by Gasteiger charge is 2.21. The van der Waals surface area contributed by atoms with E-state index in [1.54, 1.807) is 12.1 Å². The van der Waals surface area contributed by atoms with E-state index in [1.165, 1.54) is 6.92 Å². The molecule has 0 aliphatic rings. The average molecular weight is 421 g/mol. The van der Waals surface area contributed by atoms with Gasteiger partial charge in [0.15, 0.2) is 15.9 Å². The van der Waals surface area contributed by atoms with Gasteiger partial charge in [0.1, 0.15) is 5.82 Å². The van der Waals surface area contributed by atoms with E-state index in [9.17, 15) is 22.4 Å². The van der Waals surface area contributed by atoms with Crippen molar-refractivity contribution < 1.29 is 27.1 Å². The molecular weight excluding hydrogens is 397 g/mol. The van der Waals surface area contributed by atoms with Gasteiger partial charge in [-0.05, 0) is 54.8 Å². The van der Waals surface area contributed by atoms with E-state index in [-0.39, 0.29) is 4.90 Å². The molecule has 0 aliphatic carbocycles. The molecule has 0 aromatic heterocycles. The Balaban J connectivity index is 1.86. The van der Waals surface area contributed by atoms with Crippen LogP contribution in [0.25, 0.3) is 0 Å². The number of ether oxygens (including phenoxy) is 1. The van der Waals surface area contributed by atoms with Gasteiger partial charge in [0.05, 0.1) is 17.1 Å². The van der Waals surface area contributed by atoms with Crippen LogP contribution in [0.5, 0.6) is 0 Å². The number of rotatable bonds is 8. The summed E-state index contributed by atoms with van der Waals surface area (Å²) in [7, 11) is -3.76. The molecule has 0 heterocycles. The molecule has 0 bridgehead atoms. The van der Waals surface area contributed by atoms with Crippen molar-refractivity contribution in [3.05, 3.63) is 59.9 Å². The summed E-state index contributed by atoms with van der Waals surface area (Å²) < 4.78 is 42.3. The summed E-state index contributed by atoms with van der Waals surface area (Å²) in [4.78, 5) is 24.0. The van der Waals surface area contributed by atoms with Crippen molar-refractivity contribution in [2.75, 3.05) is 11.1 Å². The van der Waals surface area contributed by atoms with Gasteiger partial charge in [-0.15, -0.1) is 0 Å².